The minimum absolute atomic E-state index is 0.0427. The Labute approximate surface area is 124 Å². The third-order valence-electron chi connectivity index (χ3n) is 4.13. The molecule has 0 heterocycles. The molecule has 0 spiro atoms. The molecule has 1 aromatic rings. The van der Waals surface area contributed by atoms with E-state index in [4.69, 9.17) is 5.73 Å². The fraction of sp³-hybridized carbons (Fsp3) is 0.500. The summed E-state index contributed by atoms with van der Waals surface area (Å²) in [6.45, 7) is 1.61. The van der Waals surface area contributed by atoms with Crippen molar-refractivity contribution < 1.29 is 14.7 Å². The summed E-state index contributed by atoms with van der Waals surface area (Å²) in [5.74, 6) is -0.926. The number of nitrogens with one attached hydrogen (secondary N) is 1. The standard InChI is InChI=1S/C16H22N2O3/c1-16(21,11-6-3-2-4-7-11)10-14(19)18-13-9-5-8-12(13)15(17)20/h2-4,6-7,12-13,21H,5,8-10H2,1H3,(H2,17,20)(H,18,19). The Bertz CT molecular complexity index is 514. The van der Waals surface area contributed by atoms with Crippen LogP contribution in [0.5, 0.6) is 0 Å². The van der Waals surface area contributed by atoms with Crippen LogP contribution in [0.15, 0.2) is 30.3 Å². The van der Waals surface area contributed by atoms with Crippen molar-refractivity contribution in [1.29, 1.82) is 0 Å². The molecule has 0 bridgehead atoms. The molecule has 0 radical (unpaired) electrons. The normalized spacial score (nSPS) is 24.3. The molecule has 1 saturated carbocycles. The van der Waals surface area contributed by atoms with Gasteiger partial charge in [-0.25, -0.2) is 0 Å². The quantitative estimate of drug-likeness (QED) is 0.757. The molecule has 1 aliphatic carbocycles. The second-order valence-corrected chi connectivity index (χ2v) is 5.93. The highest BCUT2D eigenvalue weighted by Crippen LogP contribution is 2.27. The number of aliphatic hydroxyl groups is 1. The van der Waals surface area contributed by atoms with Gasteiger partial charge in [0.2, 0.25) is 11.8 Å². The van der Waals surface area contributed by atoms with Crippen molar-refractivity contribution in [3.8, 4) is 0 Å². The van der Waals surface area contributed by atoms with Gasteiger partial charge in [0.1, 0.15) is 0 Å². The van der Waals surface area contributed by atoms with Crippen molar-refractivity contribution in [1.82, 2.24) is 5.32 Å². The van der Waals surface area contributed by atoms with Crippen molar-refractivity contribution in [3.63, 3.8) is 0 Å². The third kappa shape index (κ3) is 3.82. The molecule has 3 unspecified atom stereocenters. The maximum atomic E-state index is 12.1. The van der Waals surface area contributed by atoms with Gasteiger partial charge >= 0.3 is 0 Å². The average Bonchev–Trinajstić information content (AvgIpc) is 2.87. The lowest BCUT2D eigenvalue weighted by molar-refractivity contribution is -0.127. The van der Waals surface area contributed by atoms with Crippen LogP contribution >= 0.6 is 0 Å². The van der Waals surface area contributed by atoms with E-state index in [2.05, 4.69) is 5.32 Å². The SMILES string of the molecule is CC(O)(CC(=O)NC1CCCC1C(N)=O)c1ccccc1. The van der Waals surface area contributed by atoms with Crippen molar-refractivity contribution in [3.05, 3.63) is 35.9 Å². The first-order valence-corrected chi connectivity index (χ1v) is 7.27. The molecular formula is C16H22N2O3. The molecule has 3 atom stereocenters. The molecule has 4 N–H and O–H groups in total. The summed E-state index contributed by atoms with van der Waals surface area (Å²) in [5, 5.41) is 13.3. The molecule has 0 aliphatic heterocycles. The summed E-state index contributed by atoms with van der Waals surface area (Å²) >= 11 is 0. The summed E-state index contributed by atoms with van der Waals surface area (Å²) in [6, 6.07) is 8.87. The fourth-order valence-electron chi connectivity index (χ4n) is 2.94. The molecule has 5 nitrogen and oxygen atoms in total. The van der Waals surface area contributed by atoms with Crippen LogP contribution in [-0.4, -0.2) is 23.0 Å². The molecule has 1 fully saturated rings. The van der Waals surface area contributed by atoms with Crippen LogP contribution in [0.25, 0.3) is 0 Å². The third-order valence-corrected chi connectivity index (χ3v) is 4.13. The van der Waals surface area contributed by atoms with Crippen LogP contribution in [-0.2, 0) is 15.2 Å². The smallest absolute Gasteiger partial charge is 0.223 e. The minimum Gasteiger partial charge on any atom is -0.385 e. The van der Waals surface area contributed by atoms with E-state index in [9.17, 15) is 14.7 Å². The summed E-state index contributed by atoms with van der Waals surface area (Å²) in [4.78, 5) is 23.5. The van der Waals surface area contributed by atoms with Crippen molar-refractivity contribution in [2.24, 2.45) is 11.7 Å². The topological polar surface area (TPSA) is 92.4 Å². The largest absolute Gasteiger partial charge is 0.385 e. The van der Waals surface area contributed by atoms with Crippen LogP contribution in [0, 0.1) is 5.92 Å². The van der Waals surface area contributed by atoms with Gasteiger partial charge < -0.3 is 16.2 Å². The zero-order valence-electron chi connectivity index (χ0n) is 12.2. The van der Waals surface area contributed by atoms with Gasteiger partial charge in [-0.1, -0.05) is 36.8 Å². The average molecular weight is 290 g/mol. The number of hydrogen-bond donors (Lipinski definition) is 3. The number of rotatable bonds is 5. The van der Waals surface area contributed by atoms with Gasteiger partial charge in [-0.05, 0) is 25.3 Å². The van der Waals surface area contributed by atoms with E-state index in [1.165, 1.54) is 0 Å². The van der Waals surface area contributed by atoms with Crippen LogP contribution in [0.3, 0.4) is 0 Å². The maximum Gasteiger partial charge on any atom is 0.223 e. The van der Waals surface area contributed by atoms with Gasteiger partial charge in [-0.15, -0.1) is 0 Å². The Morgan fingerprint density at radius 3 is 2.62 bits per heavy atom. The molecule has 114 valence electrons. The number of nitrogens with two attached hydrogens (primary N) is 1. The van der Waals surface area contributed by atoms with E-state index in [-0.39, 0.29) is 30.2 Å². The number of amides is 2. The number of hydrogen-bond acceptors (Lipinski definition) is 3. The minimum atomic E-state index is -1.23. The second kappa shape index (κ2) is 6.26. The zero-order chi connectivity index (χ0) is 15.5. The first kappa shape index (κ1) is 15.5. The molecule has 5 heteroatoms. The number of carbonyl (C=O) groups is 2. The molecule has 2 rings (SSSR count). The Hall–Kier alpha value is -1.88. The molecule has 0 aromatic heterocycles. The van der Waals surface area contributed by atoms with Crippen LogP contribution in [0.4, 0.5) is 0 Å². The maximum absolute atomic E-state index is 12.1. The molecule has 1 aliphatic rings. The van der Waals surface area contributed by atoms with Crippen LogP contribution in [0.2, 0.25) is 0 Å². The molecule has 2 amide bonds. The van der Waals surface area contributed by atoms with E-state index in [0.29, 0.717) is 5.56 Å². The Morgan fingerprint density at radius 2 is 2.00 bits per heavy atom. The predicted molar refractivity (Wildman–Crippen MR) is 79.1 cm³/mol. The Balaban J connectivity index is 1.97. The second-order valence-electron chi connectivity index (χ2n) is 5.93. The molecular weight excluding hydrogens is 268 g/mol. The van der Waals surface area contributed by atoms with Gasteiger partial charge in [-0.3, -0.25) is 9.59 Å². The van der Waals surface area contributed by atoms with Gasteiger partial charge in [0, 0.05) is 6.04 Å². The van der Waals surface area contributed by atoms with Crippen LogP contribution in [0.1, 0.15) is 38.2 Å². The van der Waals surface area contributed by atoms with E-state index >= 15 is 0 Å². The lowest BCUT2D eigenvalue weighted by Gasteiger charge is -2.25. The highest BCUT2D eigenvalue weighted by atomic mass is 16.3. The van der Waals surface area contributed by atoms with Gasteiger partial charge in [-0.2, -0.15) is 0 Å². The monoisotopic (exact) mass is 290 g/mol. The molecule has 0 saturated heterocycles. The van der Waals surface area contributed by atoms with E-state index in [1.807, 2.05) is 18.2 Å². The van der Waals surface area contributed by atoms with Gasteiger partial charge in [0.15, 0.2) is 0 Å². The van der Waals surface area contributed by atoms with E-state index in [0.717, 1.165) is 19.3 Å². The zero-order valence-corrected chi connectivity index (χ0v) is 12.2. The Morgan fingerprint density at radius 1 is 1.33 bits per heavy atom. The van der Waals surface area contributed by atoms with Crippen molar-refractivity contribution in [2.75, 3.05) is 0 Å². The molecule has 21 heavy (non-hydrogen) atoms. The number of primary amides is 1. The highest BCUT2D eigenvalue weighted by molar-refractivity contribution is 5.81. The number of carbonyl (C=O) groups excluding carboxylic acids is 2. The summed E-state index contributed by atoms with van der Waals surface area (Å²) in [5.41, 5.74) is 4.81. The van der Waals surface area contributed by atoms with E-state index in [1.54, 1.807) is 19.1 Å². The summed E-state index contributed by atoms with van der Waals surface area (Å²) in [7, 11) is 0. The molecule has 1 aromatic carbocycles. The first-order chi connectivity index (χ1) is 9.90. The summed E-state index contributed by atoms with van der Waals surface area (Å²) < 4.78 is 0. The van der Waals surface area contributed by atoms with E-state index < -0.39 is 5.60 Å². The predicted octanol–water partition coefficient (Wildman–Crippen LogP) is 1.05. The van der Waals surface area contributed by atoms with Crippen molar-refractivity contribution >= 4 is 11.8 Å². The summed E-state index contributed by atoms with van der Waals surface area (Å²) in [6.07, 6.45) is 2.31. The lowest BCUT2D eigenvalue weighted by Crippen LogP contribution is -2.44. The van der Waals surface area contributed by atoms with Gasteiger partial charge in [0.05, 0.1) is 17.9 Å². The number of benzene rings is 1. The Kier molecular flexibility index (Phi) is 4.63. The fourth-order valence-corrected chi connectivity index (χ4v) is 2.94. The first-order valence-electron chi connectivity index (χ1n) is 7.27. The van der Waals surface area contributed by atoms with Crippen molar-refractivity contribution in [2.45, 2.75) is 44.2 Å². The van der Waals surface area contributed by atoms with Gasteiger partial charge in [0.25, 0.3) is 0 Å². The lowest BCUT2D eigenvalue weighted by atomic mass is 9.92. The highest BCUT2D eigenvalue weighted by Gasteiger charge is 2.34. The van der Waals surface area contributed by atoms with Crippen LogP contribution < -0.4 is 11.1 Å².